The highest BCUT2D eigenvalue weighted by Crippen LogP contribution is 2.24. The molecule has 0 aliphatic carbocycles. The highest BCUT2D eigenvalue weighted by Gasteiger charge is 2.33. The van der Waals surface area contributed by atoms with Crippen molar-refractivity contribution in [1.82, 2.24) is 10.2 Å². The van der Waals surface area contributed by atoms with Crippen LogP contribution in [-0.2, 0) is 4.79 Å². The Morgan fingerprint density at radius 1 is 1.57 bits per heavy atom. The first-order valence-electron chi connectivity index (χ1n) is 5.12. The van der Waals surface area contributed by atoms with Crippen LogP contribution < -0.4 is 11.1 Å². The fourth-order valence-corrected chi connectivity index (χ4v) is 3.44. The van der Waals surface area contributed by atoms with Crippen LogP contribution in [0, 0.1) is 0 Å². The SMILES string of the molecule is NC(=O)C1CNCCN1C1CCSC1. The number of nitrogens with one attached hydrogen (secondary N) is 1. The van der Waals surface area contributed by atoms with Gasteiger partial charge < -0.3 is 11.1 Å². The number of carbonyl (C=O) groups excluding carboxylic acids is 1. The Kier molecular flexibility index (Phi) is 3.30. The molecule has 0 bridgehead atoms. The topological polar surface area (TPSA) is 58.4 Å². The normalized spacial score (nSPS) is 34.6. The number of nitrogens with two attached hydrogens (primary N) is 1. The van der Waals surface area contributed by atoms with Crippen molar-refractivity contribution in [3.05, 3.63) is 0 Å². The average Bonchev–Trinajstić information content (AvgIpc) is 2.70. The maximum absolute atomic E-state index is 11.3. The number of hydrogen-bond acceptors (Lipinski definition) is 4. The molecule has 0 aromatic carbocycles. The molecule has 4 nitrogen and oxygen atoms in total. The summed E-state index contributed by atoms with van der Waals surface area (Å²) in [5.41, 5.74) is 5.40. The van der Waals surface area contributed by atoms with Crippen molar-refractivity contribution < 1.29 is 4.79 Å². The first-order valence-corrected chi connectivity index (χ1v) is 6.28. The fourth-order valence-electron chi connectivity index (χ4n) is 2.20. The minimum atomic E-state index is -0.186. The van der Waals surface area contributed by atoms with E-state index in [1.807, 2.05) is 11.8 Å². The van der Waals surface area contributed by atoms with Gasteiger partial charge in [0.2, 0.25) is 5.91 Å². The molecule has 5 heteroatoms. The van der Waals surface area contributed by atoms with Crippen molar-refractivity contribution >= 4 is 17.7 Å². The average molecular weight is 215 g/mol. The fraction of sp³-hybridized carbons (Fsp3) is 0.889. The number of rotatable bonds is 2. The summed E-state index contributed by atoms with van der Waals surface area (Å²) in [5, 5.41) is 3.22. The molecule has 0 saturated carbocycles. The lowest BCUT2D eigenvalue weighted by atomic mass is 10.1. The Labute approximate surface area is 88.6 Å². The third-order valence-corrected chi connectivity index (χ3v) is 4.13. The van der Waals surface area contributed by atoms with Crippen molar-refractivity contribution in [1.29, 1.82) is 0 Å². The molecule has 2 aliphatic rings. The molecular formula is C9H17N3OS. The summed E-state index contributed by atoms with van der Waals surface area (Å²) < 4.78 is 0. The number of primary amides is 1. The zero-order valence-electron chi connectivity index (χ0n) is 8.24. The molecule has 14 heavy (non-hydrogen) atoms. The van der Waals surface area contributed by atoms with Crippen molar-refractivity contribution in [2.24, 2.45) is 5.73 Å². The van der Waals surface area contributed by atoms with Gasteiger partial charge in [0.05, 0.1) is 0 Å². The van der Waals surface area contributed by atoms with Crippen LogP contribution in [0.3, 0.4) is 0 Å². The summed E-state index contributed by atoms with van der Waals surface area (Å²) in [6, 6.07) is 0.479. The summed E-state index contributed by atoms with van der Waals surface area (Å²) in [5.74, 6) is 2.19. The maximum atomic E-state index is 11.3. The van der Waals surface area contributed by atoms with Crippen LogP contribution in [0.25, 0.3) is 0 Å². The number of carbonyl (C=O) groups is 1. The van der Waals surface area contributed by atoms with Gasteiger partial charge in [-0.15, -0.1) is 0 Å². The van der Waals surface area contributed by atoms with Gasteiger partial charge in [0.15, 0.2) is 0 Å². The van der Waals surface area contributed by atoms with Gasteiger partial charge in [0, 0.05) is 31.4 Å². The molecule has 2 atom stereocenters. The summed E-state index contributed by atoms with van der Waals surface area (Å²) in [6.45, 7) is 2.65. The van der Waals surface area contributed by atoms with Gasteiger partial charge >= 0.3 is 0 Å². The van der Waals surface area contributed by atoms with Crippen molar-refractivity contribution in [3.63, 3.8) is 0 Å². The Morgan fingerprint density at radius 2 is 2.43 bits per heavy atom. The Morgan fingerprint density at radius 3 is 3.07 bits per heavy atom. The van der Waals surface area contributed by atoms with Crippen LogP contribution >= 0.6 is 11.8 Å². The largest absolute Gasteiger partial charge is 0.368 e. The number of amides is 1. The summed E-state index contributed by atoms with van der Waals surface area (Å²) in [4.78, 5) is 13.5. The van der Waals surface area contributed by atoms with Gasteiger partial charge in [-0.25, -0.2) is 0 Å². The molecule has 0 spiro atoms. The first-order chi connectivity index (χ1) is 6.79. The monoisotopic (exact) mass is 215 g/mol. The lowest BCUT2D eigenvalue weighted by Crippen LogP contribution is -2.60. The lowest BCUT2D eigenvalue weighted by Gasteiger charge is -2.38. The van der Waals surface area contributed by atoms with Crippen LogP contribution in [0.1, 0.15) is 6.42 Å². The maximum Gasteiger partial charge on any atom is 0.236 e. The second-order valence-corrected chi connectivity index (χ2v) is 5.03. The number of hydrogen-bond donors (Lipinski definition) is 2. The zero-order chi connectivity index (χ0) is 9.97. The van der Waals surface area contributed by atoms with Gasteiger partial charge in [-0.1, -0.05) is 0 Å². The molecule has 3 N–H and O–H groups in total. The molecule has 2 saturated heterocycles. The lowest BCUT2D eigenvalue weighted by molar-refractivity contribution is -0.124. The Hall–Kier alpha value is -0.260. The quantitative estimate of drug-likeness (QED) is 0.636. The molecule has 0 aromatic heterocycles. The highest BCUT2D eigenvalue weighted by molar-refractivity contribution is 7.99. The van der Waals surface area contributed by atoms with Crippen LogP contribution in [0.4, 0.5) is 0 Å². The number of piperazine rings is 1. The van der Waals surface area contributed by atoms with E-state index >= 15 is 0 Å². The molecular weight excluding hydrogens is 198 g/mol. The standard InChI is InChI=1S/C9H17N3OS/c10-9(13)8-5-11-2-3-12(8)7-1-4-14-6-7/h7-8,11H,1-6H2,(H2,10,13). The summed E-state index contributed by atoms with van der Waals surface area (Å²) >= 11 is 1.98. The molecule has 2 rings (SSSR count). The summed E-state index contributed by atoms with van der Waals surface area (Å²) in [6.07, 6.45) is 1.20. The van der Waals surface area contributed by atoms with E-state index in [-0.39, 0.29) is 11.9 Å². The second kappa shape index (κ2) is 4.51. The minimum absolute atomic E-state index is 0.0903. The molecule has 2 aliphatic heterocycles. The highest BCUT2D eigenvalue weighted by atomic mass is 32.2. The third kappa shape index (κ3) is 2.04. The predicted molar refractivity (Wildman–Crippen MR) is 58.3 cm³/mol. The third-order valence-electron chi connectivity index (χ3n) is 2.99. The van der Waals surface area contributed by atoms with E-state index in [0.717, 1.165) is 25.4 Å². The number of nitrogens with zero attached hydrogens (tertiary/aromatic N) is 1. The number of thioether (sulfide) groups is 1. The summed E-state index contributed by atoms with van der Waals surface area (Å²) in [7, 11) is 0. The van der Waals surface area contributed by atoms with Crippen molar-refractivity contribution in [2.45, 2.75) is 18.5 Å². The van der Waals surface area contributed by atoms with Crippen LogP contribution in [0.5, 0.6) is 0 Å². The van der Waals surface area contributed by atoms with Crippen molar-refractivity contribution in [2.75, 3.05) is 31.1 Å². The Balaban J connectivity index is 2.01. The minimum Gasteiger partial charge on any atom is -0.368 e. The molecule has 2 fully saturated rings. The first kappa shape index (κ1) is 10.3. The van der Waals surface area contributed by atoms with E-state index in [1.54, 1.807) is 0 Å². The smallest absolute Gasteiger partial charge is 0.236 e. The van der Waals surface area contributed by atoms with E-state index in [1.165, 1.54) is 12.2 Å². The van der Waals surface area contributed by atoms with Gasteiger partial charge in [-0.2, -0.15) is 11.8 Å². The van der Waals surface area contributed by atoms with E-state index < -0.39 is 0 Å². The van der Waals surface area contributed by atoms with E-state index in [0.29, 0.717) is 6.04 Å². The van der Waals surface area contributed by atoms with Crippen LogP contribution in [-0.4, -0.2) is 54.0 Å². The van der Waals surface area contributed by atoms with Crippen LogP contribution in [0.2, 0.25) is 0 Å². The van der Waals surface area contributed by atoms with Crippen molar-refractivity contribution in [3.8, 4) is 0 Å². The van der Waals surface area contributed by atoms with Crippen LogP contribution in [0.15, 0.2) is 0 Å². The molecule has 2 unspecified atom stereocenters. The van der Waals surface area contributed by atoms with Gasteiger partial charge in [-0.3, -0.25) is 9.69 Å². The zero-order valence-corrected chi connectivity index (χ0v) is 9.05. The second-order valence-electron chi connectivity index (χ2n) is 3.88. The molecule has 1 amide bonds. The molecule has 80 valence electrons. The predicted octanol–water partition coefficient (Wildman–Crippen LogP) is -0.749. The van der Waals surface area contributed by atoms with E-state index in [2.05, 4.69) is 10.2 Å². The Bertz CT molecular complexity index is 218. The molecule has 0 aromatic rings. The van der Waals surface area contributed by atoms with Gasteiger partial charge in [0.1, 0.15) is 6.04 Å². The molecule has 2 heterocycles. The van der Waals surface area contributed by atoms with Gasteiger partial charge in [-0.05, 0) is 12.2 Å². The van der Waals surface area contributed by atoms with E-state index in [4.69, 9.17) is 5.73 Å². The van der Waals surface area contributed by atoms with Gasteiger partial charge in [0.25, 0.3) is 0 Å². The molecule has 0 radical (unpaired) electrons. The van der Waals surface area contributed by atoms with E-state index in [9.17, 15) is 4.79 Å².